The second-order valence-corrected chi connectivity index (χ2v) is 5.63. The molecule has 1 aromatic carbocycles. The minimum absolute atomic E-state index is 0.00662. The molecule has 0 radical (unpaired) electrons. The molecule has 3 rings (SSSR count). The highest BCUT2D eigenvalue weighted by atomic mass is 79.9. The number of nitrogens with zero attached hydrogens (tertiary/aromatic N) is 3. The van der Waals surface area contributed by atoms with Crippen molar-refractivity contribution >= 4 is 27.5 Å². The quantitative estimate of drug-likeness (QED) is 0.685. The number of rotatable bonds is 4. The molecule has 2 heterocycles. The number of amides is 1. The summed E-state index contributed by atoms with van der Waals surface area (Å²) in [6.45, 7) is 1.82. The molecule has 0 atom stereocenters. The third-order valence-corrected chi connectivity index (χ3v) is 3.82. The number of carbonyl (C=O) groups is 1. The van der Waals surface area contributed by atoms with Crippen LogP contribution < -0.4 is 4.90 Å². The van der Waals surface area contributed by atoms with Gasteiger partial charge in [0, 0.05) is 13.5 Å². The zero-order chi connectivity index (χ0) is 16.4. The first-order valence-electron chi connectivity index (χ1n) is 7.05. The van der Waals surface area contributed by atoms with E-state index in [-0.39, 0.29) is 5.91 Å². The smallest absolute Gasteiger partial charge is 0.260 e. The molecule has 0 bridgehead atoms. The van der Waals surface area contributed by atoms with Gasteiger partial charge in [-0.3, -0.25) is 4.79 Å². The first kappa shape index (κ1) is 15.5. The van der Waals surface area contributed by atoms with Gasteiger partial charge in [0.2, 0.25) is 11.7 Å². The predicted molar refractivity (Wildman–Crippen MR) is 88.8 cm³/mol. The van der Waals surface area contributed by atoms with Crippen molar-refractivity contribution < 1.29 is 13.7 Å². The standard InChI is InChI=1S/C16H14BrN3O3/c1-3-14(21)20(2)11-7-5-4-6-10(11)16-18-15(19-23-16)12-8-9-13(17)22-12/h4-9H,3H2,1-2H3. The van der Waals surface area contributed by atoms with Gasteiger partial charge in [-0.2, -0.15) is 4.98 Å². The van der Waals surface area contributed by atoms with Crippen LogP contribution in [-0.4, -0.2) is 23.1 Å². The molecule has 0 aliphatic carbocycles. The van der Waals surface area contributed by atoms with Gasteiger partial charge in [0.15, 0.2) is 10.4 Å². The van der Waals surface area contributed by atoms with Crippen LogP contribution >= 0.6 is 15.9 Å². The van der Waals surface area contributed by atoms with E-state index in [0.717, 1.165) is 5.69 Å². The lowest BCUT2D eigenvalue weighted by molar-refractivity contribution is -0.118. The van der Waals surface area contributed by atoms with Crippen molar-refractivity contribution in [2.45, 2.75) is 13.3 Å². The van der Waals surface area contributed by atoms with E-state index in [0.29, 0.717) is 34.1 Å². The van der Waals surface area contributed by atoms with Crippen molar-refractivity contribution in [3.05, 3.63) is 41.1 Å². The third kappa shape index (κ3) is 3.05. The van der Waals surface area contributed by atoms with Gasteiger partial charge in [-0.25, -0.2) is 0 Å². The molecule has 0 aliphatic rings. The highest BCUT2D eigenvalue weighted by Crippen LogP contribution is 2.31. The highest BCUT2D eigenvalue weighted by Gasteiger charge is 2.19. The van der Waals surface area contributed by atoms with Gasteiger partial charge in [0.05, 0.1) is 11.3 Å². The third-order valence-electron chi connectivity index (χ3n) is 3.39. The molecule has 0 unspecified atom stereocenters. The van der Waals surface area contributed by atoms with Crippen LogP contribution in [0.4, 0.5) is 5.69 Å². The van der Waals surface area contributed by atoms with Gasteiger partial charge in [-0.1, -0.05) is 24.2 Å². The first-order chi connectivity index (χ1) is 11.1. The van der Waals surface area contributed by atoms with E-state index in [1.165, 1.54) is 0 Å². The molecule has 0 fully saturated rings. The van der Waals surface area contributed by atoms with Gasteiger partial charge in [-0.15, -0.1) is 0 Å². The van der Waals surface area contributed by atoms with Crippen LogP contribution in [-0.2, 0) is 4.79 Å². The molecule has 6 nitrogen and oxygen atoms in total. The Labute approximate surface area is 141 Å². The second-order valence-electron chi connectivity index (χ2n) is 4.85. The van der Waals surface area contributed by atoms with Gasteiger partial charge in [-0.05, 0) is 40.2 Å². The maximum absolute atomic E-state index is 12.0. The van der Waals surface area contributed by atoms with Crippen molar-refractivity contribution in [2.75, 3.05) is 11.9 Å². The van der Waals surface area contributed by atoms with Gasteiger partial charge >= 0.3 is 0 Å². The zero-order valence-corrected chi connectivity index (χ0v) is 14.2. The Morgan fingerprint density at radius 3 is 2.74 bits per heavy atom. The Balaban J connectivity index is 2.00. The molecular weight excluding hydrogens is 362 g/mol. The summed E-state index contributed by atoms with van der Waals surface area (Å²) in [6, 6.07) is 10.9. The Kier molecular flexibility index (Phi) is 4.29. The normalized spacial score (nSPS) is 10.7. The number of furan rings is 1. The fraction of sp³-hybridized carbons (Fsp3) is 0.188. The van der Waals surface area contributed by atoms with Crippen molar-refractivity contribution in [2.24, 2.45) is 0 Å². The van der Waals surface area contributed by atoms with E-state index < -0.39 is 0 Å². The molecule has 1 amide bonds. The summed E-state index contributed by atoms with van der Waals surface area (Å²) < 4.78 is 11.4. The van der Waals surface area contributed by atoms with E-state index >= 15 is 0 Å². The maximum Gasteiger partial charge on any atom is 0.260 e. The SMILES string of the molecule is CCC(=O)N(C)c1ccccc1-c1nc(-c2ccc(Br)o2)no1. The predicted octanol–water partition coefficient (Wildman–Crippen LogP) is 4.13. The zero-order valence-electron chi connectivity index (χ0n) is 12.6. The minimum Gasteiger partial charge on any atom is -0.446 e. The summed E-state index contributed by atoms with van der Waals surface area (Å²) >= 11 is 3.24. The molecule has 0 saturated heterocycles. The number of anilines is 1. The molecule has 7 heteroatoms. The van der Waals surface area contributed by atoms with Gasteiger partial charge < -0.3 is 13.8 Å². The van der Waals surface area contributed by atoms with E-state index in [1.54, 1.807) is 24.1 Å². The van der Waals surface area contributed by atoms with Crippen LogP contribution in [0, 0.1) is 0 Å². The average Bonchev–Trinajstić information content (AvgIpc) is 3.22. The molecule has 3 aromatic rings. The molecule has 0 saturated carbocycles. The molecule has 0 N–H and O–H groups in total. The number of halogens is 1. The maximum atomic E-state index is 12.0. The average molecular weight is 376 g/mol. The van der Waals surface area contributed by atoms with E-state index in [9.17, 15) is 4.79 Å². The number of para-hydroxylation sites is 1. The molecule has 0 aliphatic heterocycles. The second kappa shape index (κ2) is 6.37. The van der Waals surface area contributed by atoms with Crippen LogP contribution in [0.1, 0.15) is 13.3 Å². The Bertz CT molecular complexity index is 840. The molecule has 118 valence electrons. The topological polar surface area (TPSA) is 72.4 Å². The number of hydrogen-bond donors (Lipinski definition) is 0. The molecule has 0 spiro atoms. The Morgan fingerprint density at radius 1 is 1.26 bits per heavy atom. The van der Waals surface area contributed by atoms with Crippen LogP contribution in [0.25, 0.3) is 23.0 Å². The van der Waals surface area contributed by atoms with E-state index in [1.807, 2.05) is 31.2 Å². The van der Waals surface area contributed by atoms with E-state index in [2.05, 4.69) is 26.1 Å². The summed E-state index contributed by atoms with van der Waals surface area (Å²) in [4.78, 5) is 17.9. The molecule has 23 heavy (non-hydrogen) atoms. The highest BCUT2D eigenvalue weighted by molar-refractivity contribution is 9.10. The number of carbonyl (C=O) groups excluding carboxylic acids is 1. The summed E-state index contributed by atoms with van der Waals surface area (Å²) in [6.07, 6.45) is 0.417. The fourth-order valence-electron chi connectivity index (χ4n) is 2.19. The van der Waals surface area contributed by atoms with Crippen molar-refractivity contribution in [3.8, 4) is 23.0 Å². The fourth-order valence-corrected chi connectivity index (χ4v) is 2.49. The Hall–Kier alpha value is -2.41. The van der Waals surface area contributed by atoms with Crippen LogP contribution in [0.5, 0.6) is 0 Å². The number of benzene rings is 1. The van der Waals surface area contributed by atoms with Crippen molar-refractivity contribution in [1.29, 1.82) is 0 Å². The van der Waals surface area contributed by atoms with Gasteiger partial charge in [0.25, 0.3) is 5.89 Å². The number of hydrogen-bond acceptors (Lipinski definition) is 5. The summed E-state index contributed by atoms with van der Waals surface area (Å²) in [7, 11) is 1.73. The first-order valence-corrected chi connectivity index (χ1v) is 7.84. The largest absolute Gasteiger partial charge is 0.446 e. The van der Waals surface area contributed by atoms with Crippen LogP contribution in [0.3, 0.4) is 0 Å². The minimum atomic E-state index is 0.00662. The van der Waals surface area contributed by atoms with Crippen LogP contribution in [0.2, 0.25) is 0 Å². The number of aromatic nitrogens is 2. The lowest BCUT2D eigenvalue weighted by Gasteiger charge is -2.18. The monoisotopic (exact) mass is 375 g/mol. The molecular formula is C16H14BrN3O3. The van der Waals surface area contributed by atoms with E-state index in [4.69, 9.17) is 8.94 Å². The van der Waals surface area contributed by atoms with Gasteiger partial charge in [0.1, 0.15) is 0 Å². The summed E-state index contributed by atoms with van der Waals surface area (Å²) in [5.41, 5.74) is 1.41. The van der Waals surface area contributed by atoms with Crippen LogP contribution in [0.15, 0.2) is 50.0 Å². The summed E-state index contributed by atoms with van der Waals surface area (Å²) in [5, 5.41) is 3.94. The Morgan fingerprint density at radius 2 is 2.04 bits per heavy atom. The van der Waals surface area contributed by atoms with Crippen molar-refractivity contribution in [1.82, 2.24) is 10.1 Å². The lowest BCUT2D eigenvalue weighted by atomic mass is 10.1. The lowest BCUT2D eigenvalue weighted by Crippen LogP contribution is -2.25. The summed E-state index contributed by atoms with van der Waals surface area (Å²) in [5.74, 6) is 1.19. The van der Waals surface area contributed by atoms with Crippen molar-refractivity contribution in [3.63, 3.8) is 0 Å². The molecule has 2 aromatic heterocycles.